The summed E-state index contributed by atoms with van der Waals surface area (Å²) in [6, 6.07) is 6.09. The third-order valence-corrected chi connectivity index (χ3v) is 3.85. The van der Waals surface area contributed by atoms with Crippen molar-refractivity contribution in [2.24, 2.45) is 0 Å². The van der Waals surface area contributed by atoms with E-state index in [1.807, 2.05) is 0 Å². The van der Waals surface area contributed by atoms with Gasteiger partial charge in [-0.2, -0.15) is 0 Å². The zero-order valence-electron chi connectivity index (χ0n) is 13.7. The van der Waals surface area contributed by atoms with Crippen LogP contribution in [-0.4, -0.2) is 26.1 Å². The molecule has 23 heavy (non-hydrogen) atoms. The molecule has 1 amide bonds. The van der Waals surface area contributed by atoms with Crippen molar-refractivity contribution in [1.29, 1.82) is 0 Å². The summed E-state index contributed by atoms with van der Waals surface area (Å²) in [6.45, 7) is 6.58. The molecule has 0 bridgehead atoms. The molecule has 0 unspecified atom stereocenters. The van der Waals surface area contributed by atoms with Gasteiger partial charge in [0.05, 0.1) is 12.0 Å². The summed E-state index contributed by atoms with van der Waals surface area (Å²) in [7, 11) is 0. The van der Waals surface area contributed by atoms with Gasteiger partial charge in [0, 0.05) is 6.54 Å². The van der Waals surface area contributed by atoms with Crippen LogP contribution in [0, 0.1) is 5.82 Å². The molecule has 6 nitrogen and oxygen atoms in total. The number of aromatic nitrogens is 4. The number of nitrogens with zero attached hydrogens (tertiary/aromatic N) is 4. The van der Waals surface area contributed by atoms with Gasteiger partial charge in [-0.05, 0) is 48.4 Å². The number of amides is 1. The number of unbranched alkanes of at least 4 members (excludes halogenated alkanes) is 1. The van der Waals surface area contributed by atoms with E-state index in [9.17, 15) is 9.18 Å². The zero-order chi connectivity index (χ0) is 16.9. The van der Waals surface area contributed by atoms with E-state index in [4.69, 9.17) is 0 Å². The topological polar surface area (TPSA) is 72.7 Å². The van der Waals surface area contributed by atoms with Crippen LogP contribution in [0.5, 0.6) is 0 Å². The summed E-state index contributed by atoms with van der Waals surface area (Å²) in [5.41, 5.74) is -0.218. The molecule has 0 aliphatic carbocycles. The van der Waals surface area contributed by atoms with Gasteiger partial charge in [0.2, 0.25) is 5.91 Å². The molecule has 0 spiro atoms. The summed E-state index contributed by atoms with van der Waals surface area (Å²) in [5, 5.41) is 14.3. The minimum atomic E-state index is -0.843. The monoisotopic (exact) mass is 319 g/mol. The first-order chi connectivity index (χ1) is 10.9. The molecule has 2 rings (SSSR count). The Kier molecular flexibility index (Phi) is 5.41. The lowest BCUT2D eigenvalue weighted by Gasteiger charge is -2.24. The Balaban J connectivity index is 2.03. The van der Waals surface area contributed by atoms with E-state index in [-0.39, 0.29) is 18.3 Å². The highest BCUT2D eigenvalue weighted by molar-refractivity contribution is 5.87. The minimum Gasteiger partial charge on any atom is -0.348 e. The molecule has 124 valence electrons. The van der Waals surface area contributed by atoms with Crippen molar-refractivity contribution in [2.75, 3.05) is 0 Å². The average Bonchev–Trinajstić information content (AvgIpc) is 2.97. The summed E-state index contributed by atoms with van der Waals surface area (Å²) in [6.07, 6.45) is 2.01. The maximum atomic E-state index is 13.4. The normalized spacial score (nSPS) is 11.5. The van der Waals surface area contributed by atoms with Gasteiger partial charge < -0.3 is 5.32 Å². The van der Waals surface area contributed by atoms with E-state index in [0.717, 1.165) is 19.4 Å². The van der Waals surface area contributed by atoms with Crippen LogP contribution in [0.2, 0.25) is 0 Å². The fourth-order valence-corrected chi connectivity index (χ4v) is 2.22. The van der Waals surface area contributed by atoms with Gasteiger partial charge in [-0.3, -0.25) is 4.79 Å². The Hall–Kier alpha value is -2.31. The molecule has 0 saturated heterocycles. The molecule has 1 aromatic carbocycles. The molecule has 2 aromatic rings. The third kappa shape index (κ3) is 4.12. The predicted octanol–water partition coefficient (Wildman–Crippen LogP) is 2.21. The van der Waals surface area contributed by atoms with Crippen molar-refractivity contribution in [3.8, 4) is 0 Å². The maximum Gasteiger partial charge on any atom is 0.230 e. The lowest BCUT2D eigenvalue weighted by atomic mass is 9.83. The van der Waals surface area contributed by atoms with Gasteiger partial charge in [-0.1, -0.05) is 25.5 Å². The number of carbonyl (C=O) groups excluding carboxylic acids is 1. The highest BCUT2D eigenvalue weighted by Crippen LogP contribution is 2.24. The van der Waals surface area contributed by atoms with Gasteiger partial charge >= 0.3 is 0 Å². The molecule has 1 aromatic heterocycles. The second kappa shape index (κ2) is 7.30. The van der Waals surface area contributed by atoms with Crippen LogP contribution in [0.3, 0.4) is 0 Å². The number of halogens is 1. The number of hydrogen-bond donors (Lipinski definition) is 1. The van der Waals surface area contributed by atoms with Crippen molar-refractivity contribution < 1.29 is 9.18 Å². The van der Waals surface area contributed by atoms with Crippen LogP contribution in [0.25, 0.3) is 0 Å². The largest absolute Gasteiger partial charge is 0.348 e. The second-order valence-corrected chi connectivity index (χ2v) is 5.99. The quantitative estimate of drug-likeness (QED) is 0.849. The van der Waals surface area contributed by atoms with Crippen molar-refractivity contribution >= 4 is 5.91 Å². The molecule has 0 radical (unpaired) electrons. The molecule has 0 aliphatic rings. The van der Waals surface area contributed by atoms with Crippen LogP contribution < -0.4 is 5.32 Å². The third-order valence-electron chi connectivity index (χ3n) is 3.85. The number of aryl methyl sites for hydroxylation is 1. The SMILES string of the molecule is CCCCn1nnnc1CNC(=O)C(C)(C)c1cccc(F)c1. The van der Waals surface area contributed by atoms with Crippen molar-refractivity contribution in [1.82, 2.24) is 25.5 Å². The van der Waals surface area contributed by atoms with Gasteiger partial charge in [-0.15, -0.1) is 5.10 Å². The van der Waals surface area contributed by atoms with Crippen LogP contribution in [0.15, 0.2) is 24.3 Å². The first-order valence-electron chi connectivity index (χ1n) is 7.74. The fourth-order valence-electron chi connectivity index (χ4n) is 2.22. The number of tetrazole rings is 1. The van der Waals surface area contributed by atoms with Gasteiger partial charge in [0.15, 0.2) is 5.82 Å². The van der Waals surface area contributed by atoms with Crippen LogP contribution in [0.4, 0.5) is 4.39 Å². The van der Waals surface area contributed by atoms with Crippen molar-refractivity contribution in [2.45, 2.75) is 52.1 Å². The van der Waals surface area contributed by atoms with Crippen LogP contribution >= 0.6 is 0 Å². The molecule has 1 N–H and O–H groups in total. The lowest BCUT2D eigenvalue weighted by Crippen LogP contribution is -2.40. The summed E-state index contributed by atoms with van der Waals surface area (Å²) >= 11 is 0. The lowest BCUT2D eigenvalue weighted by molar-refractivity contribution is -0.125. The van der Waals surface area contributed by atoms with E-state index < -0.39 is 5.41 Å². The highest BCUT2D eigenvalue weighted by Gasteiger charge is 2.30. The number of hydrogen-bond acceptors (Lipinski definition) is 4. The number of nitrogens with one attached hydrogen (secondary N) is 1. The Morgan fingerprint density at radius 1 is 1.39 bits per heavy atom. The zero-order valence-corrected chi connectivity index (χ0v) is 13.7. The fraction of sp³-hybridized carbons (Fsp3) is 0.500. The summed E-state index contributed by atoms with van der Waals surface area (Å²) in [4.78, 5) is 12.5. The molecule has 0 atom stereocenters. The Morgan fingerprint density at radius 2 is 2.17 bits per heavy atom. The molecular weight excluding hydrogens is 297 g/mol. The Morgan fingerprint density at radius 3 is 2.87 bits per heavy atom. The molecule has 7 heteroatoms. The van der Waals surface area contributed by atoms with Crippen LogP contribution in [-0.2, 0) is 23.3 Å². The number of benzene rings is 1. The first-order valence-corrected chi connectivity index (χ1v) is 7.74. The number of carbonyl (C=O) groups is 1. The van der Waals surface area contributed by atoms with Gasteiger partial charge in [0.25, 0.3) is 0 Å². The first kappa shape index (κ1) is 17.1. The van der Waals surface area contributed by atoms with E-state index in [0.29, 0.717) is 11.4 Å². The highest BCUT2D eigenvalue weighted by atomic mass is 19.1. The van der Waals surface area contributed by atoms with E-state index in [2.05, 4.69) is 27.8 Å². The summed E-state index contributed by atoms with van der Waals surface area (Å²) in [5.74, 6) is 0.0573. The van der Waals surface area contributed by atoms with E-state index in [1.165, 1.54) is 12.1 Å². The Labute approximate surface area is 135 Å². The van der Waals surface area contributed by atoms with E-state index >= 15 is 0 Å². The summed E-state index contributed by atoms with van der Waals surface area (Å²) < 4.78 is 15.1. The van der Waals surface area contributed by atoms with E-state index in [1.54, 1.807) is 30.7 Å². The second-order valence-electron chi connectivity index (χ2n) is 5.99. The van der Waals surface area contributed by atoms with Crippen molar-refractivity contribution in [3.05, 3.63) is 41.5 Å². The average molecular weight is 319 g/mol. The Bertz CT molecular complexity index is 668. The minimum absolute atomic E-state index is 0.201. The van der Waals surface area contributed by atoms with Crippen LogP contribution in [0.1, 0.15) is 45.0 Å². The number of rotatable bonds is 7. The predicted molar refractivity (Wildman–Crippen MR) is 84.0 cm³/mol. The van der Waals surface area contributed by atoms with Crippen molar-refractivity contribution in [3.63, 3.8) is 0 Å². The van der Waals surface area contributed by atoms with Gasteiger partial charge in [-0.25, -0.2) is 9.07 Å². The molecule has 1 heterocycles. The molecule has 0 saturated carbocycles. The van der Waals surface area contributed by atoms with Gasteiger partial charge in [0.1, 0.15) is 5.82 Å². The smallest absolute Gasteiger partial charge is 0.230 e. The standard InChI is InChI=1S/C16H22FN5O/c1-4-5-9-22-14(19-20-21-22)11-18-15(23)16(2,3)12-7-6-8-13(17)10-12/h6-8,10H,4-5,9,11H2,1-3H3,(H,18,23). The molecule has 0 fully saturated rings. The molecule has 0 aliphatic heterocycles. The maximum absolute atomic E-state index is 13.4. The molecular formula is C16H22FN5O.